The molecule has 0 radical (unpaired) electrons. The largest absolute Gasteiger partial charge is 0.494 e. The number of nitrogen functional groups attached to an aromatic ring is 1. The molecule has 2 rings (SSSR count). The Morgan fingerprint density at radius 2 is 2.14 bits per heavy atom. The highest BCUT2D eigenvalue weighted by molar-refractivity contribution is 5.61. The summed E-state index contributed by atoms with van der Waals surface area (Å²) < 4.78 is 10.8. The van der Waals surface area contributed by atoms with Gasteiger partial charge in [-0.2, -0.15) is 4.98 Å². The second kappa shape index (κ2) is 6.48. The van der Waals surface area contributed by atoms with Gasteiger partial charge < -0.3 is 14.9 Å². The molecule has 0 saturated heterocycles. The molecular weight excluding hydrogens is 278 g/mol. The molecule has 1 heterocycles. The van der Waals surface area contributed by atoms with Crippen LogP contribution in [0.1, 0.15) is 6.92 Å². The Bertz CT molecular complexity index is 649. The lowest BCUT2D eigenvalue weighted by Gasteiger charge is -2.08. The molecule has 0 fully saturated rings. The van der Waals surface area contributed by atoms with Crippen LogP contribution in [0.25, 0.3) is 0 Å². The van der Waals surface area contributed by atoms with Crippen LogP contribution in [0.3, 0.4) is 0 Å². The van der Waals surface area contributed by atoms with Crippen molar-refractivity contribution in [3.63, 3.8) is 0 Å². The minimum absolute atomic E-state index is 0.133. The minimum Gasteiger partial charge on any atom is -0.494 e. The molecule has 0 amide bonds. The van der Waals surface area contributed by atoms with Crippen molar-refractivity contribution in [1.29, 1.82) is 0 Å². The van der Waals surface area contributed by atoms with Crippen molar-refractivity contribution in [2.75, 3.05) is 12.0 Å². The summed E-state index contributed by atoms with van der Waals surface area (Å²) >= 11 is 0. The zero-order valence-corrected chi connectivity index (χ0v) is 11.1. The fourth-order valence-corrected chi connectivity index (χ4v) is 1.61. The molecule has 9 heteroatoms. The van der Waals surface area contributed by atoms with Gasteiger partial charge in [-0.3, -0.25) is 10.1 Å². The van der Waals surface area contributed by atoms with E-state index in [4.69, 9.17) is 15.3 Å². The van der Waals surface area contributed by atoms with Crippen LogP contribution in [-0.2, 0) is 0 Å². The van der Waals surface area contributed by atoms with Crippen LogP contribution in [0, 0.1) is 10.1 Å². The molecule has 0 saturated carbocycles. The van der Waals surface area contributed by atoms with Crippen molar-refractivity contribution in [1.82, 2.24) is 9.97 Å². The van der Waals surface area contributed by atoms with E-state index in [1.54, 1.807) is 24.3 Å². The maximum Gasteiger partial charge on any atom is 0.374 e. The highest BCUT2D eigenvalue weighted by Gasteiger charge is 2.24. The van der Waals surface area contributed by atoms with Gasteiger partial charge in [0.05, 0.1) is 11.5 Å². The van der Waals surface area contributed by atoms with E-state index in [9.17, 15) is 10.1 Å². The molecule has 0 unspecified atom stereocenters. The number of hydrogen-bond acceptors (Lipinski definition) is 8. The minimum atomic E-state index is -0.670. The molecular formula is C12H13N5O4. The van der Waals surface area contributed by atoms with E-state index in [0.717, 1.165) is 6.33 Å². The van der Waals surface area contributed by atoms with Crippen molar-refractivity contribution >= 4 is 11.5 Å². The van der Waals surface area contributed by atoms with Crippen LogP contribution < -0.4 is 20.7 Å². The van der Waals surface area contributed by atoms with Crippen molar-refractivity contribution in [3.8, 4) is 17.4 Å². The summed E-state index contributed by atoms with van der Waals surface area (Å²) in [5.74, 6) is 5.79. The number of aromatic nitrogens is 2. The van der Waals surface area contributed by atoms with Crippen molar-refractivity contribution in [2.24, 2.45) is 5.84 Å². The fraction of sp³-hybridized carbons (Fsp3) is 0.167. The Hall–Kier alpha value is -2.94. The maximum atomic E-state index is 11.1. The number of rotatable bonds is 6. The number of ether oxygens (including phenoxy) is 2. The van der Waals surface area contributed by atoms with Crippen LogP contribution in [0.4, 0.5) is 11.5 Å². The number of nitro groups is 1. The molecule has 0 aliphatic rings. The second-order valence-electron chi connectivity index (χ2n) is 3.79. The zero-order valence-electron chi connectivity index (χ0n) is 11.1. The van der Waals surface area contributed by atoms with E-state index in [0.29, 0.717) is 18.1 Å². The van der Waals surface area contributed by atoms with Gasteiger partial charge in [0.25, 0.3) is 0 Å². The average molecular weight is 291 g/mol. The third kappa shape index (κ3) is 3.34. The third-order valence-corrected chi connectivity index (χ3v) is 2.44. The summed E-state index contributed by atoms with van der Waals surface area (Å²) in [5.41, 5.74) is 1.69. The number of nitrogens with two attached hydrogens (primary N) is 1. The lowest BCUT2D eigenvalue weighted by atomic mass is 10.3. The predicted molar refractivity (Wildman–Crippen MR) is 74.2 cm³/mol. The summed E-state index contributed by atoms with van der Waals surface area (Å²) in [7, 11) is 0. The van der Waals surface area contributed by atoms with Gasteiger partial charge in [-0.15, -0.1) is 0 Å². The Kier molecular flexibility index (Phi) is 4.46. The standard InChI is InChI=1S/C12H13N5O4/c1-2-20-8-4-3-5-9(6-8)21-12-10(17(18)19)11(16-13)14-7-15-12/h3-7H,2,13H2,1H3,(H,14,15,16). The van der Waals surface area contributed by atoms with E-state index < -0.39 is 10.6 Å². The molecule has 1 aromatic carbocycles. The Morgan fingerprint density at radius 1 is 1.38 bits per heavy atom. The van der Waals surface area contributed by atoms with Gasteiger partial charge in [-0.25, -0.2) is 10.8 Å². The van der Waals surface area contributed by atoms with Crippen molar-refractivity contribution in [2.45, 2.75) is 6.92 Å². The number of nitrogens with one attached hydrogen (secondary N) is 1. The lowest BCUT2D eigenvalue weighted by molar-refractivity contribution is -0.385. The van der Waals surface area contributed by atoms with Gasteiger partial charge in [-0.1, -0.05) is 6.07 Å². The number of hydrogen-bond donors (Lipinski definition) is 2. The van der Waals surface area contributed by atoms with Crippen molar-refractivity contribution in [3.05, 3.63) is 40.7 Å². The molecule has 21 heavy (non-hydrogen) atoms. The molecule has 0 aliphatic carbocycles. The summed E-state index contributed by atoms with van der Waals surface area (Å²) in [4.78, 5) is 17.9. The molecule has 0 aliphatic heterocycles. The number of anilines is 1. The van der Waals surface area contributed by atoms with Crippen LogP contribution in [0.2, 0.25) is 0 Å². The fourth-order valence-electron chi connectivity index (χ4n) is 1.61. The summed E-state index contributed by atoms with van der Waals surface area (Å²) in [6.07, 6.45) is 1.12. The molecule has 0 spiro atoms. The van der Waals surface area contributed by atoms with Crippen molar-refractivity contribution < 1.29 is 14.4 Å². The van der Waals surface area contributed by atoms with Gasteiger partial charge in [0.2, 0.25) is 5.82 Å². The lowest BCUT2D eigenvalue weighted by Crippen LogP contribution is -2.12. The highest BCUT2D eigenvalue weighted by atomic mass is 16.6. The van der Waals surface area contributed by atoms with Gasteiger partial charge in [-0.05, 0) is 19.1 Å². The van der Waals surface area contributed by atoms with Crippen LogP contribution >= 0.6 is 0 Å². The number of nitrogens with zero attached hydrogens (tertiary/aromatic N) is 3. The first-order chi connectivity index (χ1) is 10.2. The van der Waals surface area contributed by atoms with Crippen LogP contribution in [0.5, 0.6) is 17.4 Å². The molecule has 3 N–H and O–H groups in total. The van der Waals surface area contributed by atoms with Gasteiger partial charge in [0.15, 0.2) is 0 Å². The molecule has 110 valence electrons. The van der Waals surface area contributed by atoms with E-state index in [-0.39, 0.29) is 11.7 Å². The van der Waals surface area contributed by atoms with Crippen LogP contribution in [-0.4, -0.2) is 21.5 Å². The Balaban J connectivity index is 2.35. The Labute approximate surface area is 119 Å². The monoisotopic (exact) mass is 291 g/mol. The van der Waals surface area contributed by atoms with Gasteiger partial charge in [0.1, 0.15) is 17.8 Å². The molecule has 9 nitrogen and oxygen atoms in total. The quantitative estimate of drug-likeness (QED) is 0.469. The van der Waals surface area contributed by atoms with E-state index in [2.05, 4.69) is 15.4 Å². The number of hydrazine groups is 1. The SMILES string of the molecule is CCOc1cccc(Oc2ncnc(NN)c2[N+](=O)[O-])c1. The molecule has 0 atom stereocenters. The first-order valence-electron chi connectivity index (χ1n) is 6.02. The summed E-state index contributed by atoms with van der Waals surface area (Å²) in [5, 5.41) is 11.1. The first-order valence-corrected chi connectivity index (χ1v) is 6.02. The number of benzene rings is 1. The molecule has 1 aromatic heterocycles. The molecule has 2 aromatic rings. The highest BCUT2D eigenvalue weighted by Crippen LogP contribution is 2.34. The first kappa shape index (κ1) is 14.5. The Morgan fingerprint density at radius 3 is 2.81 bits per heavy atom. The average Bonchev–Trinajstić information content (AvgIpc) is 2.47. The molecule has 0 bridgehead atoms. The van der Waals surface area contributed by atoms with Crippen LogP contribution in [0.15, 0.2) is 30.6 Å². The summed E-state index contributed by atoms with van der Waals surface area (Å²) in [6.45, 7) is 2.35. The van der Waals surface area contributed by atoms with E-state index in [1.807, 2.05) is 6.92 Å². The zero-order chi connectivity index (χ0) is 15.2. The summed E-state index contributed by atoms with van der Waals surface area (Å²) in [6, 6.07) is 6.68. The van der Waals surface area contributed by atoms with E-state index in [1.165, 1.54) is 0 Å². The second-order valence-corrected chi connectivity index (χ2v) is 3.79. The topological polar surface area (TPSA) is 125 Å². The normalized spacial score (nSPS) is 10.0. The van der Waals surface area contributed by atoms with E-state index >= 15 is 0 Å². The van der Waals surface area contributed by atoms with Gasteiger partial charge >= 0.3 is 11.6 Å². The smallest absolute Gasteiger partial charge is 0.374 e. The predicted octanol–water partition coefficient (Wildman–Crippen LogP) is 1.86. The van der Waals surface area contributed by atoms with Gasteiger partial charge in [0, 0.05) is 6.07 Å². The maximum absolute atomic E-state index is 11.1. The third-order valence-electron chi connectivity index (χ3n) is 2.44.